The Labute approximate surface area is 328 Å². The maximum absolute atomic E-state index is 9.63. The van der Waals surface area contributed by atoms with Gasteiger partial charge in [-0.15, -0.1) is 0 Å². The number of para-hydroxylation sites is 1. The van der Waals surface area contributed by atoms with Gasteiger partial charge >= 0.3 is 0 Å². The summed E-state index contributed by atoms with van der Waals surface area (Å²) in [7, 11) is 0. The molecule has 0 bridgehead atoms. The first-order valence-corrected chi connectivity index (χ1v) is 18.1. The first-order chi connectivity index (χ1) is 30.1. The van der Waals surface area contributed by atoms with Gasteiger partial charge in [0.15, 0.2) is 0 Å². The molecule has 54 heavy (non-hydrogen) atoms. The number of rotatable bonds is 7. The van der Waals surface area contributed by atoms with Crippen LogP contribution in [0.15, 0.2) is 212 Å². The van der Waals surface area contributed by atoms with Crippen molar-refractivity contribution in [3.05, 3.63) is 223 Å². The smallest absolute Gasteiger partial charge is 0.0645 e. The first-order valence-electron chi connectivity index (χ1n) is 22.1. The zero-order valence-corrected chi connectivity index (χ0v) is 29.2. The third kappa shape index (κ3) is 5.77. The third-order valence-electron chi connectivity index (χ3n) is 10.3. The summed E-state index contributed by atoms with van der Waals surface area (Å²) in [6.07, 6.45) is 0.779. The molecular formula is C53H37N. The molecular weight excluding hydrogens is 651 g/mol. The van der Waals surface area contributed by atoms with Gasteiger partial charge in [0, 0.05) is 16.9 Å². The topological polar surface area (TPSA) is 3.24 Å². The number of nitrogens with zero attached hydrogens (tertiary/aromatic N) is 1. The summed E-state index contributed by atoms with van der Waals surface area (Å²) >= 11 is 0. The van der Waals surface area contributed by atoms with Crippen LogP contribution in [0.3, 0.4) is 0 Å². The van der Waals surface area contributed by atoms with E-state index in [1.807, 2.05) is 72.8 Å². The van der Waals surface area contributed by atoms with Crippen molar-refractivity contribution in [2.24, 2.45) is 0 Å². The van der Waals surface area contributed by atoms with Crippen LogP contribution in [0.4, 0.5) is 17.1 Å². The van der Waals surface area contributed by atoms with Gasteiger partial charge in [0.05, 0.1) is 16.7 Å². The highest BCUT2D eigenvalue weighted by molar-refractivity contribution is 5.97. The average molecular weight is 696 g/mol. The Bertz CT molecular complexity index is 3180. The van der Waals surface area contributed by atoms with E-state index in [0.717, 1.165) is 34.2 Å². The molecule has 1 aliphatic rings. The van der Waals surface area contributed by atoms with Crippen molar-refractivity contribution in [2.75, 3.05) is 4.90 Å². The summed E-state index contributed by atoms with van der Waals surface area (Å²) in [5.41, 5.74) is 9.28. The van der Waals surface area contributed by atoms with Crippen molar-refractivity contribution in [1.29, 1.82) is 0 Å². The second-order valence-electron chi connectivity index (χ2n) is 13.5. The lowest BCUT2D eigenvalue weighted by Gasteiger charge is -2.28. The Kier molecular flexibility index (Phi) is 6.10. The Balaban J connectivity index is 1.20. The van der Waals surface area contributed by atoms with Gasteiger partial charge in [-0.2, -0.15) is 0 Å². The highest BCUT2D eigenvalue weighted by Gasteiger charge is 2.23. The lowest BCUT2D eigenvalue weighted by atomic mass is 9.95. The molecule has 0 spiro atoms. The normalized spacial score (nSPS) is 13.7. The van der Waals surface area contributed by atoms with Gasteiger partial charge in [-0.1, -0.05) is 176 Å². The highest BCUT2D eigenvalue weighted by Crippen LogP contribution is 2.46. The van der Waals surface area contributed by atoms with E-state index in [9.17, 15) is 11.0 Å². The largest absolute Gasteiger partial charge is 0.310 e. The molecule has 254 valence electrons. The van der Waals surface area contributed by atoms with Crippen LogP contribution in [0, 0.1) is 0 Å². The number of fused-ring (bicyclic) bond motifs is 5. The molecule has 0 aliphatic heterocycles. The highest BCUT2D eigenvalue weighted by atomic mass is 15.1. The summed E-state index contributed by atoms with van der Waals surface area (Å²) in [4.78, 5) is 1.41. The molecule has 1 heteroatoms. The Morgan fingerprint density at radius 2 is 0.889 bits per heavy atom. The molecule has 0 atom stereocenters. The summed E-state index contributed by atoms with van der Waals surface area (Å²) in [5.74, 6) is 0. The van der Waals surface area contributed by atoms with Crippen LogP contribution in [0.25, 0.3) is 66.4 Å². The van der Waals surface area contributed by atoms with E-state index in [-0.39, 0.29) is 70.8 Å². The molecule has 9 aromatic carbocycles. The van der Waals surface area contributed by atoms with Gasteiger partial charge in [0.1, 0.15) is 0 Å². The van der Waals surface area contributed by atoms with E-state index >= 15 is 0 Å². The van der Waals surface area contributed by atoms with E-state index in [2.05, 4.69) is 42.5 Å². The number of hydrogen-bond acceptors (Lipinski definition) is 1. The van der Waals surface area contributed by atoms with Crippen LogP contribution in [-0.4, -0.2) is 0 Å². The van der Waals surface area contributed by atoms with Gasteiger partial charge in [-0.05, 0) is 115 Å². The van der Waals surface area contributed by atoms with Crippen LogP contribution in [0.1, 0.15) is 22.1 Å². The fourth-order valence-electron chi connectivity index (χ4n) is 7.57. The summed E-state index contributed by atoms with van der Waals surface area (Å²) in [6.45, 7) is 0. The second-order valence-corrected chi connectivity index (χ2v) is 13.5. The predicted molar refractivity (Wildman–Crippen MR) is 229 cm³/mol. The summed E-state index contributed by atoms with van der Waals surface area (Å²) < 4.78 is 75.8. The third-order valence-corrected chi connectivity index (χ3v) is 10.3. The molecule has 9 aromatic rings. The van der Waals surface area contributed by atoms with Crippen molar-refractivity contribution in [3.63, 3.8) is 0 Å². The molecule has 10 rings (SSSR count). The number of benzene rings is 9. The summed E-state index contributed by atoms with van der Waals surface area (Å²) in [6, 6.07) is 49.6. The van der Waals surface area contributed by atoms with Crippen LogP contribution in [0.2, 0.25) is 0 Å². The molecule has 0 saturated heterocycles. The average Bonchev–Trinajstić information content (AvgIpc) is 3.69. The Morgan fingerprint density at radius 3 is 1.56 bits per heavy atom. The van der Waals surface area contributed by atoms with Gasteiger partial charge < -0.3 is 4.90 Å². The maximum atomic E-state index is 9.63. The van der Waals surface area contributed by atoms with Gasteiger partial charge in [-0.25, -0.2) is 0 Å². The van der Waals surface area contributed by atoms with Crippen LogP contribution in [-0.2, 0) is 6.42 Å². The Hall–Kier alpha value is -6.96. The van der Waals surface area contributed by atoms with Crippen molar-refractivity contribution in [2.45, 2.75) is 6.42 Å². The van der Waals surface area contributed by atoms with E-state index in [1.165, 1.54) is 26.8 Å². The molecule has 0 amide bonds. The molecule has 0 N–H and O–H groups in total. The minimum atomic E-state index is -0.387. The van der Waals surface area contributed by atoms with E-state index < -0.39 is 0 Å². The number of hydrogen-bond donors (Lipinski definition) is 0. The molecule has 1 nitrogen and oxygen atoms in total. The molecule has 0 aromatic heterocycles. The zero-order chi connectivity index (χ0) is 42.8. The fraction of sp³-hybridized carbons (Fsp3) is 0.0189. The molecule has 0 fully saturated rings. The lowest BCUT2D eigenvalue weighted by Crippen LogP contribution is -2.11. The van der Waals surface area contributed by atoms with Crippen molar-refractivity contribution >= 4 is 27.8 Å². The van der Waals surface area contributed by atoms with Crippen molar-refractivity contribution in [3.8, 4) is 55.6 Å². The zero-order valence-electron chi connectivity index (χ0n) is 37.2. The molecule has 0 heterocycles. The van der Waals surface area contributed by atoms with Gasteiger partial charge in [0.25, 0.3) is 0 Å². The van der Waals surface area contributed by atoms with Crippen molar-refractivity contribution in [1.82, 2.24) is 0 Å². The monoisotopic (exact) mass is 695 g/mol. The minimum absolute atomic E-state index is 0.111. The molecule has 0 unspecified atom stereocenters. The standard InChI is InChI=1S/C53H37N/c1-3-11-37(12-4-1)39-19-21-40(22-20-39)42-27-32-47(33-28-42)54(46-30-25-41(26-31-46)38-13-5-2-6-14-38)53-18-10-9-17-49(53)44-23-24-45-36-52-48-16-8-7-15-43(48)29-34-50(52)51(45)35-44/h1-35H,36H2/i25D,26D,27D,28D,30D,31D,32D,33D. The Morgan fingerprint density at radius 1 is 0.370 bits per heavy atom. The van der Waals surface area contributed by atoms with Gasteiger partial charge in [0.2, 0.25) is 0 Å². The predicted octanol–water partition coefficient (Wildman–Crippen LogP) is 14.5. The van der Waals surface area contributed by atoms with Crippen LogP contribution >= 0.6 is 0 Å². The summed E-state index contributed by atoms with van der Waals surface area (Å²) in [5, 5.41) is 2.38. The second kappa shape index (κ2) is 13.5. The van der Waals surface area contributed by atoms with Crippen molar-refractivity contribution < 1.29 is 11.0 Å². The minimum Gasteiger partial charge on any atom is -0.310 e. The molecule has 1 aliphatic carbocycles. The van der Waals surface area contributed by atoms with E-state index in [1.54, 1.807) is 48.5 Å². The van der Waals surface area contributed by atoms with Gasteiger partial charge in [-0.3, -0.25) is 0 Å². The van der Waals surface area contributed by atoms with Crippen LogP contribution in [0.5, 0.6) is 0 Å². The lowest BCUT2D eigenvalue weighted by molar-refractivity contribution is 1.27. The van der Waals surface area contributed by atoms with E-state index in [4.69, 9.17) is 0 Å². The molecule has 0 saturated carbocycles. The first kappa shape index (κ1) is 24.3. The fourth-order valence-corrected chi connectivity index (χ4v) is 7.57. The van der Waals surface area contributed by atoms with Crippen LogP contribution < -0.4 is 4.90 Å². The quantitative estimate of drug-likeness (QED) is 0.160. The molecule has 0 radical (unpaired) electrons. The number of anilines is 3. The van der Waals surface area contributed by atoms with E-state index in [0.29, 0.717) is 22.4 Å². The maximum Gasteiger partial charge on any atom is 0.0645 e. The SMILES string of the molecule is [2H]c1c([2H])c(N(c2ccccc2-c2ccc3c(c2)-c2ccc4ccccc4c2C3)c2c([2H])c([2H])c(-c3ccc(-c4ccccc4)cc3)c([2H])c2[2H])c([2H])c([2H])c1-c1ccccc1.